The summed E-state index contributed by atoms with van der Waals surface area (Å²) in [6.45, 7) is 3.72. The minimum atomic E-state index is -0.571. The standard InChI is InChI=1S/C25H25N3O6/c1-25(2,13-29)17-11-19-20(12-22(17)33-3)27-24(30)16-7-5-14(9-18(16)26-19)15-6-8-21(28(31)32)23(10-15)34-4/h5-12,26,29H,13H2,1-4H3,(H,27,30). The van der Waals surface area contributed by atoms with Crippen LogP contribution in [0.15, 0.2) is 48.5 Å². The molecule has 9 heteroatoms. The van der Waals surface area contributed by atoms with Crippen LogP contribution in [0.4, 0.5) is 22.7 Å². The Morgan fingerprint density at radius 2 is 1.56 bits per heavy atom. The number of benzene rings is 3. The van der Waals surface area contributed by atoms with Gasteiger partial charge in [0.15, 0.2) is 5.75 Å². The Kier molecular flexibility index (Phi) is 5.89. The first-order chi connectivity index (χ1) is 16.2. The van der Waals surface area contributed by atoms with Gasteiger partial charge < -0.3 is 25.2 Å². The number of aliphatic hydroxyl groups excluding tert-OH is 1. The molecule has 0 aliphatic carbocycles. The minimum absolute atomic E-state index is 0.0861. The molecule has 0 bridgehead atoms. The van der Waals surface area contributed by atoms with Crippen LogP contribution in [0.1, 0.15) is 29.8 Å². The predicted molar refractivity (Wildman–Crippen MR) is 129 cm³/mol. The second kappa shape index (κ2) is 8.68. The Morgan fingerprint density at radius 1 is 0.912 bits per heavy atom. The van der Waals surface area contributed by atoms with E-state index < -0.39 is 10.3 Å². The van der Waals surface area contributed by atoms with Crippen molar-refractivity contribution < 1.29 is 24.3 Å². The first kappa shape index (κ1) is 23.1. The van der Waals surface area contributed by atoms with Crippen molar-refractivity contribution in [1.82, 2.24) is 0 Å². The van der Waals surface area contributed by atoms with E-state index in [1.54, 1.807) is 37.4 Å². The average molecular weight is 463 g/mol. The van der Waals surface area contributed by atoms with Crippen molar-refractivity contribution in [2.45, 2.75) is 19.3 Å². The van der Waals surface area contributed by atoms with E-state index in [4.69, 9.17) is 9.47 Å². The summed E-state index contributed by atoms with van der Waals surface area (Å²) < 4.78 is 10.7. The molecule has 3 aromatic carbocycles. The number of nitro benzene ring substituents is 1. The third-order valence-corrected chi connectivity index (χ3v) is 5.96. The number of hydrogen-bond acceptors (Lipinski definition) is 7. The first-order valence-corrected chi connectivity index (χ1v) is 10.6. The number of nitrogens with one attached hydrogen (secondary N) is 2. The van der Waals surface area contributed by atoms with Crippen LogP contribution in [-0.2, 0) is 5.41 Å². The van der Waals surface area contributed by atoms with E-state index in [0.29, 0.717) is 33.9 Å². The van der Waals surface area contributed by atoms with E-state index in [1.807, 2.05) is 26.0 Å². The third-order valence-electron chi connectivity index (χ3n) is 5.96. The van der Waals surface area contributed by atoms with Gasteiger partial charge in [0.2, 0.25) is 0 Å². The molecule has 34 heavy (non-hydrogen) atoms. The number of nitrogens with zero attached hydrogens (tertiary/aromatic N) is 1. The third kappa shape index (κ3) is 4.01. The number of carbonyl (C=O) groups excluding carboxylic acids is 1. The van der Waals surface area contributed by atoms with E-state index in [1.165, 1.54) is 13.2 Å². The van der Waals surface area contributed by atoms with Crippen molar-refractivity contribution >= 4 is 28.7 Å². The summed E-state index contributed by atoms with van der Waals surface area (Å²) >= 11 is 0. The molecule has 0 atom stereocenters. The zero-order valence-electron chi connectivity index (χ0n) is 19.3. The Hall–Kier alpha value is -4.11. The van der Waals surface area contributed by atoms with Gasteiger partial charge in [0, 0.05) is 23.1 Å². The highest BCUT2D eigenvalue weighted by Gasteiger charge is 2.28. The highest BCUT2D eigenvalue weighted by Crippen LogP contribution is 2.42. The van der Waals surface area contributed by atoms with Crippen LogP contribution in [0, 0.1) is 10.1 Å². The molecule has 3 N–H and O–H groups in total. The quantitative estimate of drug-likeness (QED) is 0.352. The lowest BCUT2D eigenvalue weighted by atomic mass is 9.84. The van der Waals surface area contributed by atoms with Crippen LogP contribution in [0.5, 0.6) is 11.5 Å². The maximum absolute atomic E-state index is 12.9. The van der Waals surface area contributed by atoms with Crippen molar-refractivity contribution in [3.63, 3.8) is 0 Å². The minimum Gasteiger partial charge on any atom is -0.496 e. The van der Waals surface area contributed by atoms with Gasteiger partial charge >= 0.3 is 5.69 Å². The number of rotatable bonds is 6. The van der Waals surface area contributed by atoms with E-state index in [9.17, 15) is 20.0 Å². The number of fused-ring (bicyclic) bond motifs is 2. The van der Waals surface area contributed by atoms with Gasteiger partial charge in [0.25, 0.3) is 5.91 Å². The SMILES string of the molecule is COc1cc(-c2ccc3c(c2)Nc2cc(C(C)(C)CO)c(OC)cc2NC3=O)ccc1[N+](=O)[O-]. The monoisotopic (exact) mass is 463 g/mol. The molecule has 4 rings (SSSR count). The number of carbonyl (C=O) groups is 1. The topological polar surface area (TPSA) is 123 Å². The summed E-state index contributed by atoms with van der Waals surface area (Å²) in [7, 11) is 2.93. The van der Waals surface area contributed by atoms with Gasteiger partial charge in [-0.2, -0.15) is 0 Å². The second-order valence-electron chi connectivity index (χ2n) is 8.62. The summed E-state index contributed by atoms with van der Waals surface area (Å²) in [5, 5.41) is 27.3. The fraction of sp³-hybridized carbons (Fsp3) is 0.240. The summed E-state index contributed by atoms with van der Waals surface area (Å²) in [6.07, 6.45) is 0. The van der Waals surface area contributed by atoms with Crippen molar-refractivity contribution in [1.29, 1.82) is 0 Å². The molecule has 9 nitrogen and oxygen atoms in total. The normalized spacial score (nSPS) is 12.6. The van der Waals surface area contributed by atoms with Crippen LogP contribution in [0.2, 0.25) is 0 Å². The van der Waals surface area contributed by atoms with Crippen LogP contribution >= 0.6 is 0 Å². The van der Waals surface area contributed by atoms with Crippen LogP contribution in [-0.4, -0.2) is 36.8 Å². The second-order valence-corrected chi connectivity index (χ2v) is 8.62. The molecule has 0 saturated carbocycles. The van der Waals surface area contributed by atoms with Gasteiger partial charge in [-0.25, -0.2) is 0 Å². The number of nitro groups is 1. The number of aliphatic hydroxyl groups is 1. The van der Waals surface area contributed by atoms with Gasteiger partial charge in [-0.05, 0) is 41.5 Å². The molecule has 0 unspecified atom stereocenters. The number of ether oxygens (including phenoxy) is 2. The molecular formula is C25H25N3O6. The maximum Gasteiger partial charge on any atom is 0.310 e. The number of hydrogen-bond donors (Lipinski definition) is 3. The van der Waals surface area contributed by atoms with Crippen LogP contribution in [0.3, 0.4) is 0 Å². The molecule has 3 aromatic rings. The fourth-order valence-corrected chi connectivity index (χ4v) is 3.94. The molecule has 0 fully saturated rings. The van der Waals surface area contributed by atoms with Crippen molar-refractivity contribution in [2.24, 2.45) is 0 Å². The van der Waals surface area contributed by atoms with Crippen LogP contribution in [0.25, 0.3) is 11.1 Å². The molecule has 1 aliphatic heterocycles. The fourth-order valence-electron chi connectivity index (χ4n) is 3.94. The van der Waals surface area contributed by atoms with Gasteiger partial charge in [-0.1, -0.05) is 19.9 Å². The smallest absolute Gasteiger partial charge is 0.310 e. The zero-order chi connectivity index (χ0) is 24.6. The Balaban J connectivity index is 1.81. The summed E-state index contributed by atoms with van der Waals surface area (Å²) in [5.41, 5.74) is 3.77. The number of methoxy groups -OCH3 is 2. The van der Waals surface area contributed by atoms with Crippen LogP contribution < -0.4 is 20.1 Å². The van der Waals surface area contributed by atoms with E-state index in [2.05, 4.69) is 10.6 Å². The molecule has 176 valence electrons. The largest absolute Gasteiger partial charge is 0.496 e. The molecule has 1 amide bonds. The van der Waals surface area contributed by atoms with E-state index >= 15 is 0 Å². The molecule has 1 aliphatic rings. The van der Waals surface area contributed by atoms with Crippen molar-refractivity contribution in [3.8, 4) is 22.6 Å². The van der Waals surface area contributed by atoms with E-state index in [0.717, 1.165) is 11.1 Å². The number of anilines is 3. The molecule has 0 saturated heterocycles. The summed E-state index contributed by atoms with van der Waals surface area (Å²) in [4.78, 5) is 23.7. The Morgan fingerprint density at radius 3 is 2.21 bits per heavy atom. The molecule has 0 spiro atoms. The maximum atomic E-state index is 12.9. The van der Waals surface area contributed by atoms with Gasteiger partial charge in [-0.15, -0.1) is 0 Å². The van der Waals surface area contributed by atoms with Crippen molar-refractivity contribution in [2.75, 3.05) is 31.5 Å². The van der Waals surface area contributed by atoms with Gasteiger partial charge in [0.05, 0.1) is 48.4 Å². The molecule has 0 aromatic heterocycles. The lowest BCUT2D eigenvalue weighted by Gasteiger charge is -2.26. The lowest BCUT2D eigenvalue weighted by molar-refractivity contribution is -0.385. The van der Waals surface area contributed by atoms with Gasteiger partial charge in [-0.3, -0.25) is 14.9 Å². The first-order valence-electron chi connectivity index (χ1n) is 10.6. The highest BCUT2D eigenvalue weighted by molar-refractivity contribution is 6.12. The predicted octanol–water partition coefficient (Wildman–Crippen LogP) is 4.86. The van der Waals surface area contributed by atoms with Crippen molar-refractivity contribution in [3.05, 3.63) is 69.8 Å². The summed E-state index contributed by atoms with van der Waals surface area (Å²) in [5.74, 6) is 0.422. The molecular weight excluding hydrogens is 438 g/mol. The lowest BCUT2D eigenvalue weighted by Crippen LogP contribution is -2.23. The van der Waals surface area contributed by atoms with E-state index in [-0.39, 0.29) is 24.0 Å². The zero-order valence-corrected chi connectivity index (χ0v) is 19.3. The Bertz CT molecular complexity index is 1300. The van der Waals surface area contributed by atoms with Gasteiger partial charge in [0.1, 0.15) is 5.75 Å². The summed E-state index contributed by atoms with van der Waals surface area (Å²) in [6, 6.07) is 13.5. The number of amides is 1. The Labute approximate surface area is 196 Å². The average Bonchev–Trinajstić information content (AvgIpc) is 2.97. The highest BCUT2D eigenvalue weighted by atomic mass is 16.6. The molecule has 1 heterocycles. The molecule has 0 radical (unpaired) electrons.